The summed E-state index contributed by atoms with van der Waals surface area (Å²) >= 11 is 1.88. The number of hydrogen-bond donors (Lipinski definition) is 2. The topological polar surface area (TPSA) is 71.2 Å². The Morgan fingerprint density at radius 1 is 0.933 bits per heavy atom. The summed E-state index contributed by atoms with van der Waals surface area (Å²) < 4.78 is 3.82. The number of fused-ring (bicyclic) bond motifs is 4. The monoisotopic (exact) mass is 418 g/mol. The van der Waals surface area contributed by atoms with Crippen LogP contribution in [0.5, 0.6) is 0 Å². The molecule has 7 rings (SSSR count). The molecule has 0 bridgehead atoms. The van der Waals surface area contributed by atoms with Crippen LogP contribution in [0.15, 0.2) is 36.4 Å². The van der Waals surface area contributed by atoms with Crippen molar-refractivity contribution in [1.82, 2.24) is 9.56 Å². The van der Waals surface area contributed by atoms with Crippen molar-refractivity contribution in [1.29, 1.82) is 0 Å². The average Bonchev–Trinajstić information content (AvgIpc) is 3.46. The molecule has 2 saturated heterocycles. The minimum atomic E-state index is 0.769. The molecule has 1 aromatic rings. The first-order chi connectivity index (χ1) is 14.7. The summed E-state index contributed by atoms with van der Waals surface area (Å²) in [5.41, 5.74) is 15.3. The first kappa shape index (κ1) is 17.6. The molecular formula is C24H28N5S+. The fourth-order valence-electron chi connectivity index (χ4n) is 6.42. The van der Waals surface area contributed by atoms with Gasteiger partial charge in [0.05, 0.1) is 20.8 Å². The normalized spacial score (nSPS) is 33.9. The van der Waals surface area contributed by atoms with E-state index in [1.54, 1.807) is 0 Å². The molecule has 4 unspecified atom stereocenters. The first-order valence-corrected chi connectivity index (χ1v) is 12.1. The number of aromatic nitrogens is 1. The highest BCUT2D eigenvalue weighted by molar-refractivity contribution is 7.21. The maximum absolute atomic E-state index is 5.88. The molecule has 6 heteroatoms. The number of nitrogens with zero attached hydrogens (tertiary/aromatic N) is 3. The van der Waals surface area contributed by atoms with Gasteiger partial charge in [0, 0.05) is 42.7 Å². The molecular weight excluding hydrogens is 390 g/mol. The summed E-state index contributed by atoms with van der Waals surface area (Å²) in [5, 5.41) is 1.34. The predicted molar refractivity (Wildman–Crippen MR) is 123 cm³/mol. The predicted octanol–water partition coefficient (Wildman–Crippen LogP) is 1.65. The number of anilines is 1. The van der Waals surface area contributed by atoms with E-state index in [1.165, 1.54) is 20.6 Å². The second-order valence-electron chi connectivity index (χ2n) is 9.78. The summed E-state index contributed by atoms with van der Waals surface area (Å²) in [4.78, 5) is 8.77. The Labute approximate surface area is 180 Å². The smallest absolute Gasteiger partial charge is 0.201 e. The van der Waals surface area contributed by atoms with Crippen LogP contribution in [0.25, 0.3) is 20.8 Å². The summed E-state index contributed by atoms with van der Waals surface area (Å²) in [7, 11) is 0. The van der Waals surface area contributed by atoms with Crippen LogP contribution in [-0.2, 0) is 0 Å². The van der Waals surface area contributed by atoms with Gasteiger partial charge in [-0.1, -0.05) is 0 Å². The summed E-state index contributed by atoms with van der Waals surface area (Å²) in [6.07, 6.45) is 0. The van der Waals surface area contributed by atoms with E-state index in [0.717, 1.165) is 86.0 Å². The fourth-order valence-corrected chi connectivity index (χ4v) is 7.45. The Hall–Kier alpha value is -2.02. The Morgan fingerprint density at radius 3 is 2.40 bits per heavy atom. The second kappa shape index (κ2) is 6.25. The molecule has 0 aromatic heterocycles. The SMILES string of the molecule is NCC1C2CN(c3ccc4nc5ccc(=[N+]6CC7C(CN)C7C6)cc-5sc4c3)CC12. The minimum absolute atomic E-state index is 0.769. The van der Waals surface area contributed by atoms with Crippen LogP contribution in [0.3, 0.4) is 0 Å². The lowest BCUT2D eigenvalue weighted by atomic mass is 10.2. The van der Waals surface area contributed by atoms with Crippen molar-refractivity contribution >= 4 is 27.2 Å². The molecule has 6 aliphatic rings. The highest BCUT2D eigenvalue weighted by Gasteiger charge is 2.58. The lowest BCUT2D eigenvalue weighted by Crippen LogP contribution is -2.31. The van der Waals surface area contributed by atoms with Gasteiger partial charge in [0.25, 0.3) is 0 Å². The minimum Gasteiger partial charge on any atom is -0.371 e. The lowest BCUT2D eigenvalue weighted by molar-refractivity contribution is 0.537. The van der Waals surface area contributed by atoms with Gasteiger partial charge in [0.2, 0.25) is 5.36 Å². The molecule has 0 spiro atoms. The van der Waals surface area contributed by atoms with Crippen molar-refractivity contribution in [3.63, 3.8) is 0 Å². The third-order valence-corrected chi connectivity index (χ3v) is 9.46. The van der Waals surface area contributed by atoms with Gasteiger partial charge < -0.3 is 16.4 Å². The molecule has 1 aromatic carbocycles. The Balaban J connectivity index is 1.23. The molecule has 2 saturated carbocycles. The molecule has 3 aliphatic carbocycles. The maximum atomic E-state index is 5.88. The van der Waals surface area contributed by atoms with Crippen LogP contribution in [0.1, 0.15) is 0 Å². The van der Waals surface area contributed by atoms with Crippen LogP contribution in [0.2, 0.25) is 0 Å². The van der Waals surface area contributed by atoms with E-state index in [-0.39, 0.29) is 0 Å². The molecule has 4 N–H and O–H groups in total. The van der Waals surface area contributed by atoms with E-state index in [2.05, 4.69) is 45.9 Å². The number of nitrogens with two attached hydrogens (primary N) is 2. The highest BCUT2D eigenvalue weighted by Crippen LogP contribution is 2.52. The zero-order chi connectivity index (χ0) is 20.0. The van der Waals surface area contributed by atoms with Gasteiger partial charge in [0.15, 0.2) is 0 Å². The molecule has 30 heavy (non-hydrogen) atoms. The number of hydrogen-bond acceptors (Lipinski definition) is 5. The molecule has 0 amide bonds. The highest BCUT2D eigenvalue weighted by atomic mass is 32.1. The fraction of sp³-hybridized carbons (Fsp3) is 0.500. The number of piperidine rings is 2. The number of rotatable bonds is 3. The van der Waals surface area contributed by atoms with Crippen molar-refractivity contribution < 1.29 is 0 Å². The van der Waals surface area contributed by atoms with Crippen molar-refractivity contribution in [3.05, 3.63) is 41.8 Å². The van der Waals surface area contributed by atoms with E-state index in [4.69, 9.17) is 16.5 Å². The van der Waals surface area contributed by atoms with Gasteiger partial charge in [-0.3, -0.25) is 0 Å². The summed E-state index contributed by atoms with van der Waals surface area (Å²) in [5.74, 6) is 4.81. The standard InChI is InChI=1S/C24H28N5S/c25-7-15-17-9-28(10-18(15)17)13-1-3-21-23(5-13)30-24-6-14(2-4-22(24)27-21)29-11-19-16(8-26)20(19)12-29/h1-6,15-20H,7-12,25-26H2/q+1. The lowest BCUT2D eigenvalue weighted by Gasteiger charge is -2.22. The molecule has 0 radical (unpaired) electrons. The van der Waals surface area contributed by atoms with Gasteiger partial charge in [-0.25, -0.2) is 9.56 Å². The van der Waals surface area contributed by atoms with Crippen molar-refractivity contribution in [2.45, 2.75) is 0 Å². The third kappa shape index (κ3) is 2.53. The van der Waals surface area contributed by atoms with Crippen LogP contribution in [0, 0.1) is 35.5 Å². The third-order valence-electron chi connectivity index (χ3n) is 8.36. The van der Waals surface area contributed by atoms with Crippen LogP contribution >= 0.6 is 11.3 Å². The van der Waals surface area contributed by atoms with Crippen molar-refractivity contribution in [2.75, 3.05) is 44.2 Å². The van der Waals surface area contributed by atoms with Crippen LogP contribution in [-0.4, -0.2) is 44.3 Å². The Kier molecular flexibility index (Phi) is 3.67. The van der Waals surface area contributed by atoms with E-state index >= 15 is 0 Å². The summed E-state index contributed by atoms with van der Waals surface area (Å²) in [6, 6.07) is 13.6. The molecule has 4 fully saturated rings. The van der Waals surface area contributed by atoms with Gasteiger partial charge in [-0.05, 0) is 61.0 Å². The molecule has 4 atom stereocenters. The van der Waals surface area contributed by atoms with Gasteiger partial charge >= 0.3 is 0 Å². The maximum Gasteiger partial charge on any atom is 0.201 e. The van der Waals surface area contributed by atoms with Gasteiger partial charge in [-0.15, -0.1) is 11.3 Å². The molecule has 154 valence electrons. The zero-order valence-corrected chi connectivity index (χ0v) is 17.9. The van der Waals surface area contributed by atoms with Gasteiger partial charge in [-0.2, -0.15) is 0 Å². The Morgan fingerprint density at radius 2 is 1.67 bits per heavy atom. The van der Waals surface area contributed by atoms with Crippen molar-refractivity contribution in [2.24, 2.45) is 47.0 Å². The molecule has 5 nitrogen and oxygen atoms in total. The van der Waals surface area contributed by atoms with E-state index in [1.807, 2.05) is 11.3 Å². The first-order valence-electron chi connectivity index (χ1n) is 11.3. The summed E-state index contributed by atoms with van der Waals surface area (Å²) in [6.45, 7) is 6.35. The zero-order valence-electron chi connectivity index (χ0n) is 17.1. The molecule has 3 aliphatic heterocycles. The van der Waals surface area contributed by atoms with Crippen molar-refractivity contribution in [3.8, 4) is 10.6 Å². The largest absolute Gasteiger partial charge is 0.371 e. The average molecular weight is 419 g/mol. The van der Waals surface area contributed by atoms with Crippen LogP contribution < -0.4 is 26.3 Å². The van der Waals surface area contributed by atoms with Gasteiger partial charge in [0.1, 0.15) is 13.1 Å². The van der Waals surface area contributed by atoms with E-state index in [9.17, 15) is 0 Å². The molecule has 3 heterocycles. The van der Waals surface area contributed by atoms with E-state index < -0.39 is 0 Å². The Bertz CT molecular complexity index is 1180. The van der Waals surface area contributed by atoms with E-state index in [0.29, 0.717) is 0 Å². The quantitative estimate of drug-likeness (QED) is 0.501. The van der Waals surface area contributed by atoms with Crippen LogP contribution in [0.4, 0.5) is 5.69 Å². The second-order valence-corrected chi connectivity index (χ2v) is 10.9. The number of benzene rings is 2.